The number of para-hydroxylation sites is 1. The lowest BCUT2D eigenvalue weighted by Gasteiger charge is -2.32. The van der Waals surface area contributed by atoms with Crippen LogP contribution in [0.2, 0.25) is 5.02 Å². The van der Waals surface area contributed by atoms with E-state index in [1.807, 2.05) is 78.6 Å². The van der Waals surface area contributed by atoms with Gasteiger partial charge in [-0.3, -0.25) is 9.69 Å². The number of rotatable bonds is 5. The zero-order valence-electron chi connectivity index (χ0n) is 17.2. The summed E-state index contributed by atoms with van der Waals surface area (Å²) in [6, 6.07) is 25.7. The summed E-state index contributed by atoms with van der Waals surface area (Å²) in [4.78, 5) is 16.6. The quantitative estimate of drug-likeness (QED) is 0.561. The van der Waals surface area contributed by atoms with Gasteiger partial charge in [0.15, 0.2) is 17.8 Å². The van der Waals surface area contributed by atoms with Gasteiger partial charge in [0, 0.05) is 37.4 Å². The number of benzene rings is 3. The highest BCUT2D eigenvalue weighted by Gasteiger charge is 2.39. The summed E-state index contributed by atoms with van der Waals surface area (Å²) < 4.78 is 0. The largest absolute Gasteiger partial charge is 0.378 e. The maximum atomic E-state index is 12.6. The summed E-state index contributed by atoms with van der Waals surface area (Å²) in [6.45, 7) is 1.54. The third-order valence-corrected chi connectivity index (χ3v) is 5.27. The van der Waals surface area contributed by atoms with Gasteiger partial charge < -0.3 is 4.90 Å². The fourth-order valence-electron chi connectivity index (χ4n) is 3.57. The van der Waals surface area contributed by atoms with Gasteiger partial charge in [0.05, 0.1) is 5.69 Å². The molecule has 152 valence electrons. The molecule has 1 atom stereocenters. The molecule has 0 fully saturated rings. The predicted molar refractivity (Wildman–Crippen MR) is 124 cm³/mol. The van der Waals surface area contributed by atoms with Crippen molar-refractivity contribution in [3.8, 4) is 0 Å². The number of carbonyl (C=O) groups is 1. The maximum Gasteiger partial charge on any atom is 0.198 e. The average molecular weight is 419 g/mol. The normalized spacial score (nSPS) is 15.9. The van der Waals surface area contributed by atoms with Crippen LogP contribution in [0.15, 0.2) is 84.0 Å². The van der Waals surface area contributed by atoms with Crippen LogP contribution >= 0.6 is 11.6 Å². The molecule has 1 unspecified atom stereocenters. The zero-order chi connectivity index (χ0) is 21.3. The van der Waals surface area contributed by atoms with Crippen LogP contribution in [0, 0.1) is 0 Å². The van der Waals surface area contributed by atoms with Crippen LogP contribution in [0.3, 0.4) is 0 Å². The van der Waals surface area contributed by atoms with Crippen molar-refractivity contribution < 1.29 is 4.79 Å². The first-order valence-electron chi connectivity index (χ1n) is 9.71. The van der Waals surface area contributed by atoms with Crippen LogP contribution in [-0.4, -0.2) is 25.7 Å². The number of amidine groups is 1. The Hall–Kier alpha value is -3.31. The SMILES string of the molecule is CC(=O)C1=NN(c2ccccc2)C(c2ccc(N(C)C)cc2)N1c1cccc(Cl)c1. The first-order valence-corrected chi connectivity index (χ1v) is 10.1. The molecule has 0 N–H and O–H groups in total. The zero-order valence-corrected chi connectivity index (χ0v) is 17.9. The number of ketones is 1. The summed E-state index contributed by atoms with van der Waals surface area (Å²) in [5.41, 5.74) is 3.84. The van der Waals surface area contributed by atoms with Crippen LogP contribution in [0.25, 0.3) is 0 Å². The number of hydrogen-bond donors (Lipinski definition) is 0. The number of nitrogens with zero attached hydrogens (tertiary/aromatic N) is 4. The van der Waals surface area contributed by atoms with E-state index in [0.717, 1.165) is 22.6 Å². The molecule has 3 aromatic rings. The second-order valence-corrected chi connectivity index (χ2v) is 7.81. The van der Waals surface area contributed by atoms with Crippen molar-refractivity contribution in [2.75, 3.05) is 28.9 Å². The van der Waals surface area contributed by atoms with E-state index in [2.05, 4.69) is 29.2 Å². The van der Waals surface area contributed by atoms with E-state index in [1.54, 1.807) is 0 Å². The number of halogens is 1. The highest BCUT2D eigenvalue weighted by Crippen LogP contribution is 2.39. The summed E-state index contributed by atoms with van der Waals surface area (Å²) in [7, 11) is 4.02. The Bertz CT molecular complexity index is 1080. The Morgan fingerprint density at radius 3 is 2.20 bits per heavy atom. The van der Waals surface area contributed by atoms with Gasteiger partial charge in [-0.1, -0.05) is 48.0 Å². The standard InChI is InChI=1S/C24H23ClN4O/c1-17(30)23-26-29(21-9-5-4-6-10-21)24(18-12-14-20(15-13-18)27(2)3)28(23)22-11-7-8-19(25)16-22/h4-16,24H,1-3H3. The Labute approximate surface area is 181 Å². The third kappa shape index (κ3) is 3.76. The first-order chi connectivity index (χ1) is 14.5. The van der Waals surface area contributed by atoms with Gasteiger partial charge in [0.2, 0.25) is 0 Å². The molecule has 4 rings (SSSR count). The van der Waals surface area contributed by atoms with Gasteiger partial charge in [0.1, 0.15) is 0 Å². The highest BCUT2D eigenvalue weighted by atomic mass is 35.5. The van der Waals surface area contributed by atoms with Crippen molar-refractivity contribution in [3.05, 3.63) is 89.4 Å². The smallest absolute Gasteiger partial charge is 0.198 e. The minimum atomic E-state index is -0.319. The number of hydrazone groups is 1. The molecular formula is C24H23ClN4O. The van der Waals surface area contributed by atoms with Gasteiger partial charge >= 0.3 is 0 Å². The van der Waals surface area contributed by atoms with E-state index in [-0.39, 0.29) is 11.9 Å². The minimum Gasteiger partial charge on any atom is -0.378 e. The summed E-state index contributed by atoms with van der Waals surface area (Å²) in [6.07, 6.45) is -0.319. The topological polar surface area (TPSA) is 39.2 Å². The molecule has 0 bridgehead atoms. The molecule has 0 aromatic heterocycles. The Morgan fingerprint density at radius 1 is 0.933 bits per heavy atom. The average Bonchev–Trinajstić information content (AvgIpc) is 3.15. The Kier molecular flexibility index (Phi) is 5.46. The monoisotopic (exact) mass is 418 g/mol. The number of carbonyl (C=O) groups excluding carboxylic acids is 1. The molecule has 30 heavy (non-hydrogen) atoms. The van der Waals surface area contributed by atoms with Gasteiger partial charge in [0.25, 0.3) is 0 Å². The molecule has 6 heteroatoms. The lowest BCUT2D eigenvalue weighted by Crippen LogP contribution is -2.37. The van der Waals surface area contributed by atoms with Crippen LogP contribution in [0.5, 0.6) is 0 Å². The van der Waals surface area contributed by atoms with Crippen LogP contribution in [-0.2, 0) is 4.79 Å². The summed E-state index contributed by atoms with van der Waals surface area (Å²) in [5, 5.41) is 7.23. The van der Waals surface area contributed by atoms with Gasteiger partial charge in [-0.05, 0) is 48.0 Å². The molecule has 1 heterocycles. The van der Waals surface area contributed by atoms with Crippen molar-refractivity contribution in [2.24, 2.45) is 5.10 Å². The second-order valence-electron chi connectivity index (χ2n) is 7.37. The molecule has 0 saturated carbocycles. The Balaban J connectivity index is 1.88. The predicted octanol–water partition coefficient (Wildman–Crippen LogP) is 5.33. The van der Waals surface area contributed by atoms with Gasteiger partial charge in [-0.2, -0.15) is 0 Å². The highest BCUT2D eigenvalue weighted by molar-refractivity contribution is 6.44. The molecule has 3 aromatic carbocycles. The fourth-order valence-corrected chi connectivity index (χ4v) is 3.76. The molecular weight excluding hydrogens is 396 g/mol. The van der Waals surface area contributed by atoms with E-state index < -0.39 is 0 Å². The maximum absolute atomic E-state index is 12.6. The fraction of sp³-hybridized carbons (Fsp3) is 0.167. The molecule has 0 radical (unpaired) electrons. The van der Waals surface area contributed by atoms with Crippen LogP contribution in [0.1, 0.15) is 18.7 Å². The molecule has 0 spiro atoms. The number of hydrogen-bond acceptors (Lipinski definition) is 5. The van der Waals surface area contributed by atoms with E-state index >= 15 is 0 Å². The van der Waals surface area contributed by atoms with Crippen molar-refractivity contribution in [1.82, 2.24) is 0 Å². The van der Waals surface area contributed by atoms with E-state index in [9.17, 15) is 4.79 Å². The summed E-state index contributed by atoms with van der Waals surface area (Å²) >= 11 is 6.28. The number of Topliss-reactive ketones (excluding diaryl/α,β-unsaturated/α-hetero) is 1. The van der Waals surface area contributed by atoms with Crippen LogP contribution < -0.4 is 14.8 Å². The van der Waals surface area contributed by atoms with E-state index in [0.29, 0.717) is 10.9 Å². The molecule has 0 amide bonds. The van der Waals surface area contributed by atoms with Gasteiger partial charge in [-0.15, -0.1) is 5.10 Å². The van der Waals surface area contributed by atoms with Crippen molar-refractivity contribution in [1.29, 1.82) is 0 Å². The second kappa shape index (κ2) is 8.20. The lowest BCUT2D eigenvalue weighted by molar-refractivity contribution is -0.111. The summed E-state index contributed by atoms with van der Waals surface area (Å²) in [5.74, 6) is 0.270. The van der Waals surface area contributed by atoms with Crippen molar-refractivity contribution >= 4 is 40.3 Å². The number of anilines is 3. The third-order valence-electron chi connectivity index (χ3n) is 5.04. The van der Waals surface area contributed by atoms with E-state index in [4.69, 9.17) is 16.7 Å². The van der Waals surface area contributed by atoms with E-state index in [1.165, 1.54) is 6.92 Å². The molecule has 0 saturated heterocycles. The molecule has 0 aliphatic carbocycles. The van der Waals surface area contributed by atoms with Crippen molar-refractivity contribution in [3.63, 3.8) is 0 Å². The first kappa shape index (κ1) is 20.0. The Morgan fingerprint density at radius 2 is 1.60 bits per heavy atom. The molecule has 5 nitrogen and oxygen atoms in total. The molecule has 1 aliphatic rings. The minimum absolute atomic E-state index is 0.108. The van der Waals surface area contributed by atoms with Crippen molar-refractivity contribution in [2.45, 2.75) is 13.1 Å². The lowest BCUT2D eigenvalue weighted by atomic mass is 10.1. The van der Waals surface area contributed by atoms with Crippen LogP contribution in [0.4, 0.5) is 17.1 Å². The van der Waals surface area contributed by atoms with Gasteiger partial charge in [-0.25, -0.2) is 5.01 Å². The molecule has 1 aliphatic heterocycles.